The van der Waals surface area contributed by atoms with Crippen LogP contribution in [-0.2, 0) is 21.9 Å². The standard InChI is InChI=1S/C33H33F6N5O4S/c1-49-20-28(45)41-26-5-2-3-6-27(26)42-15-17-43(18-16-42)30(47)31(48-23-9-7-22(8-10-23)32(34,35)36)12-4-14-44(21-31)29(46)24-19-40-13-11-25(24)33(37,38)39/h2-3,5-11,13,19H,4,12,14-18,20-21H2,1H3,(H,41,45). The van der Waals surface area contributed by atoms with Gasteiger partial charge in [-0.2, -0.15) is 38.1 Å². The predicted octanol–water partition coefficient (Wildman–Crippen LogP) is 5.82. The molecule has 0 saturated carbocycles. The third kappa shape index (κ3) is 8.23. The van der Waals surface area contributed by atoms with Crippen molar-refractivity contribution in [2.75, 3.05) is 61.5 Å². The van der Waals surface area contributed by atoms with Crippen LogP contribution in [-0.4, -0.2) is 89.4 Å². The van der Waals surface area contributed by atoms with Crippen LogP contribution < -0.4 is 15.0 Å². The lowest BCUT2D eigenvalue weighted by atomic mass is 9.89. The summed E-state index contributed by atoms with van der Waals surface area (Å²) in [6, 6.07) is 11.7. The van der Waals surface area contributed by atoms with E-state index in [9.17, 15) is 40.7 Å². The van der Waals surface area contributed by atoms with Crippen LogP contribution in [0.4, 0.5) is 37.7 Å². The zero-order valence-electron chi connectivity index (χ0n) is 26.3. The number of hydrogen-bond donors (Lipinski definition) is 1. The molecule has 1 unspecified atom stereocenters. The van der Waals surface area contributed by atoms with Crippen molar-refractivity contribution in [3.8, 4) is 5.75 Å². The maximum Gasteiger partial charge on any atom is 0.417 e. The normalized spacial score (nSPS) is 18.6. The van der Waals surface area contributed by atoms with Crippen LogP contribution in [0.2, 0.25) is 0 Å². The van der Waals surface area contributed by atoms with Crippen molar-refractivity contribution >= 4 is 40.9 Å². The number of nitrogens with one attached hydrogen (secondary N) is 1. The molecule has 0 aliphatic carbocycles. The molecule has 3 heterocycles. The Bertz CT molecular complexity index is 1660. The van der Waals surface area contributed by atoms with Gasteiger partial charge in [-0.05, 0) is 61.6 Å². The number of alkyl halides is 6. The molecular formula is C33H33F6N5O4S. The van der Waals surface area contributed by atoms with Gasteiger partial charge in [-0.3, -0.25) is 19.4 Å². The molecule has 262 valence electrons. The molecule has 9 nitrogen and oxygen atoms in total. The number of anilines is 2. The van der Waals surface area contributed by atoms with E-state index in [1.807, 2.05) is 23.3 Å². The summed E-state index contributed by atoms with van der Waals surface area (Å²) < 4.78 is 87.3. The number of likely N-dealkylation sites (tertiary alicyclic amines) is 1. The van der Waals surface area contributed by atoms with Crippen molar-refractivity contribution in [1.82, 2.24) is 14.8 Å². The summed E-state index contributed by atoms with van der Waals surface area (Å²) in [5.41, 5.74) is -3.24. The highest BCUT2D eigenvalue weighted by Gasteiger charge is 2.49. The van der Waals surface area contributed by atoms with E-state index in [1.165, 1.54) is 16.7 Å². The number of amides is 3. The number of carbonyl (C=O) groups is 3. The number of piperidine rings is 1. The predicted molar refractivity (Wildman–Crippen MR) is 171 cm³/mol. The molecule has 0 bridgehead atoms. The Morgan fingerprint density at radius 2 is 1.59 bits per heavy atom. The number of benzene rings is 2. The summed E-state index contributed by atoms with van der Waals surface area (Å²) in [7, 11) is 0. The van der Waals surface area contributed by atoms with Crippen molar-refractivity contribution < 1.29 is 45.5 Å². The maximum absolute atomic E-state index is 14.4. The van der Waals surface area contributed by atoms with Gasteiger partial charge in [-0.1, -0.05) is 12.1 Å². The first-order chi connectivity index (χ1) is 23.2. The molecule has 2 saturated heterocycles. The summed E-state index contributed by atoms with van der Waals surface area (Å²) in [5.74, 6) is -1.51. The zero-order valence-corrected chi connectivity index (χ0v) is 27.1. The second kappa shape index (κ2) is 14.6. The van der Waals surface area contributed by atoms with Crippen molar-refractivity contribution in [2.45, 2.75) is 30.8 Å². The molecule has 1 aromatic heterocycles. The Labute approximate surface area is 282 Å². The average molecular weight is 710 g/mol. The highest BCUT2D eigenvalue weighted by Crippen LogP contribution is 2.36. The van der Waals surface area contributed by atoms with E-state index in [4.69, 9.17) is 4.74 Å². The van der Waals surface area contributed by atoms with Gasteiger partial charge in [0.25, 0.3) is 11.8 Å². The van der Waals surface area contributed by atoms with Crippen molar-refractivity contribution in [1.29, 1.82) is 0 Å². The van der Waals surface area contributed by atoms with Gasteiger partial charge in [0.1, 0.15) is 5.75 Å². The van der Waals surface area contributed by atoms with Gasteiger partial charge in [0.2, 0.25) is 11.5 Å². The van der Waals surface area contributed by atoms with Gasteiger partial charge in [0.05, 0.1) is 40.4 Å². The number of para-hydroxylation sites is 2. The monoisotopic (exact) mass is 709 g/mol. The molecule has 2 aromatic carbocycles. The van der Waals surface area contributed by atoms with Crippen LogP contribution in [0.1, 0.15) is 34.3 Å². The van der Waals surface area contributed by atoms with Crippen LogP contribution >= 0.6 is 11.8 Å². The molecular weight excluding hydrogens is 676 g/mol. The van der Waals surface area contributed by atoms with E-state index in [1.54, 1.807) is 12.1 Å². The fourth-order valence-corrected chi connectivity index (χ4v) is 6.36. The quantitative estimate of drug-likeness (QED) is 0.295. The molecule has 1 atom stereocenters. The average Bonchev–Trinajstić information content (AvgIpc) is 3.07. The Hall–Kier alpha value is -4.47. The van der Waals surface area contributed by atoms with Gasteiger partial charge < -0.3 is 24.8 Å². The molecule has 2 fully saturated rings. The Kier molecular flexibility index (Phi) is 10.6. The molecule has 2 aliphatic rings. The number of carbonyl (C=O) groups excluding carboxylic acids is 3. The van der Waals surface area contributed by atoms with Crippen LogP contribution in [0, 0.1) is 0 Å². The second-order valence-corrected chi connectivity index (χ2v) is 12.5. The minimum atomic E-state index is -4.84. The topological polar surface area (TPSA) is 95.1 Å². The second-order valence-electron chi connectivity index (χ2n) is 11.6. The minimum Gasteiger partial charge on any atom is -0.476 e. The number of nitrogens with zero attached hydrogens (tertiary/aromatic N) is 4. The smallest absolute Gasteiger partial charge is 0.417 e. The molecule has 3 aromatic rings. The van der Waals surface area contributed by atoms with Gasteiger partial charge in [-0.15, -0.1) is 0 Å². The number of ether oxygens (including phenoxy) is 1. The Morgan fingerprint density at radius 1 is 0.898 bits per heavy atom. The number of hydrogen-bond acceptors (Lipinski definition) is 7. The maximum atomic E-state index is 14.4. The molecule has 0 spiro atoms. The van der Waals surface area contributed by atoms with Crippen LogP contribution in [0.5, 0.6) is 5.75 Å². The van der Waals surface area contributed by atoms with E-state index >= 15 is 0 Å². The van der Waals surface area contributed by atoms with Crippen LogP contribution in [0.15, 0.2) is 67.0 Å². The SMILES string of the molecule is CSCC(=O)Nc1ccccc1N1CCN(C(=O)C2(Oc3ccc(C(F)(F)F)cc3)CCCN(C(=O)c3cnccc3C(F)(F)F)C2)CC1. The summed E-state index contributed by atoms with van der Waals surface area (Å²) in [4.78, 5) is 48.5. The lowest BCUT2D eigenvalue weighted by Crippen LogP contribution is -2.64. The summed E-state index contributed by atoms with van der Waals surface area (Å²) in [5, 5.41) is 2.90. The number of rotatable bonds is 8. The molecule has 49 heavy (non-hydrogen) atoms. The van der Waals surface area contributed by atoms with Gasteiger partial charge in [0.15, 0.2) is 0 Å². The number of piperazine rings is 1. The highest BCUT2D eigenvalue weighted by atomic mass is 32.2. The highest BCUT2D eigenvalue weighted by molar-refractivity contribution is 7.99. The van der Waals surface area contributed by atoms with Gasteiger partial charge >= 0.3 is 12.4 Å². The molecule has 0 radical (unpaired) electrons. The zero-order chi connectivity index (χ0) is 35.4. The fourth-order valence-electron chi connectivity index (χ4n) is 6.03. The van der Waals surface area contributed by atoms with Crippen LogP contribution in [0.25, 0.3) is 0 Å². The summed E-state index contributed by atoms with van der Waals surface area (Å²) in [6.45, 7) is 0.666. The summed E-state index contributed by atoms with van der Waals surface area (Å²) >= 11 is 1.38. The molecule has 2 aliphatic heterocycles. The minimum absolute atomic E-state index is 0.0171. The molecule has 1 N–H and O–H groups in total. The lowest BCUT2D eigenvalue weighted by Gasteiger charge is -2.46. The number of thioether (sulfide) groups is 1. The number of halogens is 6. The first kappa shape index (κ1) is 35.8. The van der Waals surface area contributed by atoms with E-state index < -0.39 is 53.0 Å². The molecule has 3 amide bonds. The third-order valence-electron chi connectivity index (χ3n) is 8.34. The Morgan fingerprint density at radius 3 is 2.24 bits per heavy atom. The first-order valence-corrected chi connectivity index (χ1v) is 16.7. The van der Waals surface area contributed by atoms with Crippen LogP contribution in [0.3, 0.4) is 0 Å². The third-order valence-corrected chi connectivity index (χ3v) is 8.90. The number of pyridine rings is 1. The first-order valence-electron chi connectivity index (χ1n) is 15.3. The largest absolute Gasteiger partial charge is 0.476 e. The van der Waals surface area contributed by atoms with E-state index in [0.29, 0.717) is 24.8 Å². The Balaban J connectivity index is 1.40. The summed E-state index contributed by atoms with van der Waals surface area (Å²) in [6.07, 6.45) is -5.67. The lowest BCUT2D eigenvalue weighted by molar-refractivity contribution is -0.153. The van der Waals surface area contributed by atoms with Gasteiger partial charge in [0, 0.05) is 45.1 Å². The fraction of sp³-hybridized carbons (Fsp3) is 0.394. The van der Waals surface area contributed by atoms with E-state index in [-0.39, 0.29) is 49.9 Å². The molecule has 16 heteroatoms. The molecule has 5 rings (SSSR count). The number of aromatic nitrogens is 1. The van der Waals surface area contributed by atoms with Gasteiger partial charge in [-0.25, -0.2) is 0 Å². The van der Waals surface area contributed by atoms with E-state index in [0.717, 1.165) is 47.2 Å². The van der Waals surface area contributed by atoms with Crippen molar-refractivity contribution in [2.24, 2.45) is 0 Å². The van der Waals surface area contributed by atoms with Crippen molar-refractivity contribution in [3.05, 3.63) is 83.7 Å². The van der Waals surface area contributed by atoms with E-state index in [2.05, 4.69) is 10.3 Å². The van der Waals surface area contributed by atoms with Crippen molar-refractivity contribution in [3.63, 3.8) is 0 Å².